The number of nitrogens with one attached hydrogen (secondary N) is 1. The van der Waals surface area contributed by atoms with Gasteiger partial charge in [0, 0.05) is 13.0 Å². The Kier molecular flexibility index (Phi) is 3.90. The molecule has 1 aromatic heterocycles. The molecule has 1 aliphatic heterocycles. The average molecular weight is 225 g/mol. The summed E-state index contributed by atoms with van der Waals surface area (Å²) >= 11 is 0. The van der Waals surface area contributed by atoms with Crippen molar-refractivity contribution in [2.24, 2.45) is 0 Å². The van der Waals surface area contributed by atoms with Gasteiger partial charge in [-0.25, -0.2) is 0 Å². The van der Waals surface area contributed by atoms with Crippen molar-refractivity contribution in [3.63, 3.8) is 0 Å². The molecule has 1 fully saturated rings. The minimum Gasteiger partial charge on any atom is -0.378 e. The van der Waals surface area contributed by atoms with Gasteiger partial charge in [0.05, 0.1) is 12.1 Å². The van der Waals surface area contributed by atoms with Crippen LogP contribution in [-0.2, 0) is 11.2 Å². The van der Waals surface area contributed by atoms with Crippen molar-refractivity contribution in [3.8, 4) is 0 Å². The third-order valence-electron chi connectivity index (χ3n) is 2.97. The highest BCUT2D eigenvalue weighted by molar-refractivity contribution is 4.93. The second-order valence-electron chi connectivity index (χ2n) is 4.25. The molecule has 90 valence electrons. The smallest absolute Gasteiger partial charge is 0.243 e. The standard InChI is InChI=1S/C11H19N3O2/c1-8(12-2)11-13-10(14-16-11)7-9-5-3-4-6-15-9/h8-9,12H,3-7H2,1-2H3. The van der Waals surface area contributed by atoms with Crippen LogP contribution in [-0.4, -0.2) is 29.9 Å². The van der Waals surface area contributed by atoms with Crippen molar-refractivity contribution < 1.29 is 9.26 Å². The van der Waals surface area contributed by atoms with Crippen molar-refractivity contribution >= 4 is 0 Å². The maximum atomic E-state index is 5.64. The molecule has 0 amide bonds. The van der Waals surface area contributed by atoms with Crippen LogP contribution in [0.15, 0.2) is 4.52 Å². The van der Waals surface area contributed by atoms with Gasteiger partial charge >= 0.3 is 0 Å². The monoisotopic (exact) mass is 225 g/mol. The SMILES string of the molecule is CNC(C)c1nc(CC2CCCCO2)no1. The van der Waals surface area contributed by atoms with Crippen LogP contribution in [0.4, 0.5) is 0 Å². The normalized spacial score (nSPS) is 23.2. The molecule has 2 rings (SSSR count). The van der Waals surface area contributed by atoms with Crippen molar-refractivity contribution in [1.29, 1.82) is 0 Å². The molecule has 1 aromatic rings. The van der Waals surface area contributed by atoms with Crippen molar-refractivity contribution in [2.75, 3.05) is 13.7 Å². The first-order valence-electron chi connectivity index (χ1n) is 5.91. The van der Waals surface area contributed by atoms with Gasteiger partial charge in [-0.05, 0) is 33.2 Å². The van der Waals surface area contributed by atoms with Crippen LogP contribution in [0.3, 0.4) is 0 Å². The van der Waals surface area contributed by atoms with Crippen LogP contribution in [0.5, 0.6) is 0 Å². The average Bonchev–Trinajstić information content (AvgIpc) is 2.78. The summed E-state index contributed by atoms with van der Waals surface area (Å²) in [6.45, 7) is 2.86. The summed E-state index contributed by atoms with van der Waals surface area (Å²) in [7, 11) is 1.87. The van der Waals surface area contributed by atoms with Gasteiger partial charge in [0.25, 0.3) is 0 Å². The van der Waals surface area contributed by atoms with Crippen LogP contribution in [0.25, 0.3) is 0 Å². The molecule has 2 heterocycles. The van der Waals surface area contributed by atoms with Gasteiger partial charge in [0.1, 0.15) is 0 Å². The summed E-state index contributed by atoms with van der Waals surface area (Å²) in [5.41, 5.74) is 0. The summed E-state index contributed by atoms with van der Waals surface area (Å²) in [6.07, 6.45) is 4.54. The topological polar surface area (TPSA) is 60.2 Å². The van der Waals surface area contributed by atoms with E-state index in [-0.39, 0.29) is 12.1 Å². The van der Waals surface area contributed by atoms with Crippen molar-refractivity contribution in [3.05, 3.63) is 11.7 Å². The molecule has 0 radical (unpaired) electrons. The van der Waals surface area contributed by atoms with E-state index >= 15 is 0 Å². The molecule has 2 atom stereocenters. The second kappa shape index (κ2) is 5.41. The van der Waals surface area contributed by atoms with Crippen molar-refractivity contribution in [1.82, 2.24) is 15.5 Å². The van der Waals surface area contributed by atoms with Crippen LogP contribution < -0.4 is 5.32 Å². The minimum atomic E-state index is 0.105. The zero-order valence-corrected chi connectivity index (χ0v) is 9.90. The predicted octanol–water partition coefficient (Wildman–Crippen LogP) is 1.46. The Hall–Kier alpha value is -0.940. The largest absolute Gasteiger partial charge is 0.378 e. The number of rotatable bonds is 4. The van der Waals surface area contributed by atoms with Gasteiger partial charge in [-0.15, -0.1) is 0 Å². The molecule has 0 aromatic carbocycles. The number of aromatic nitrogens is 2. The van der Waals surface area contributed by atoms with E-state index in [2.05, 4.69) is 15.5 Å². The highest BCUT2D eigenvalue weighted by Gasteiger charge is 2.18. The van der Waals surface area contributed by atoms with Gasteiger partial charge in [0.15, 0.2) is 5.82 Å². The third kappa shape index (κ3) is 2.80. The van der Waals surface area contributed by atoms with E-state index in [1.54, 1.807) is 0 Å². The number of hydrogen-bond donors (Lipinski definition) is 1. The van der Waals surface area contributed by atoms with Gasteiger partial charge in [-0.1, -0.05) is 5.16 Å². The molecular weight excluding hydrogens is 206 g/mol. The Labute approximate surface area is 95.6 Å². The summed E-state index contributed by atoms with van der Waals surface area (Å²) in [6, 6.07) is 0.105. The molecule has 0 bridgehead atoms. The third-order valence-corrected chi connectivity index (χ3v) is 2.97. The molecule has 1 aliphatic rings. The first-order chi connectivity index (χ1) is 7.79. The number of nitrogens with zero attached hydrogens (tertiary/aromatic N) is 2. The second-order valence-corrected chi connectivity index (χ2v) is 4.25. The van der Waals surface area contributed by atoms with E-state index in [1.165, 1.54) is 12.8 Å². The molecule has 1 N–H and O–H groups in total. The van der Waals surface area contributed by atoms with Crippen LogP contribution >= 0.6 is 0 Å². The Morgan fingerprint density at radius 3 is 3.06 bits per heavy atom. The van der Waals surface area contributed by atoms with Crippen LogP contribution in [0, 0.1) is 0 Å². The molecular formula is C11H19N3O2. The first kappa shape index (κ1) is 11.5. The Balaban J connectivity index is 1.91. The lowest BCUT2D eigenvalue weighted by Gasteiger charge is -2.20. The lowest BCUT2D eigenvalue weighted by atomic mass is 10.1. The number of ether oxygens (including phenoxy) is 1. The van der Waals surface area contributed by atoms with E-state index < -0.39 is 0 Å². The van der Waals surface area contributed by atoms with Gasteiger partial charge in [-0.3, -0.25) is 0 Å². The van der Waals surface area contributed by atoms with E-state index in [4.69, 9.17) is 9.26 Å². The summed E-state index contributed by atoms with van der Waals surface area (Å²) in [5, 5.41) is 7.04. The first-order valence-corrected chi connectivity index (χ1v) is 5.91. The fraction of sp³-hybridized carbons (Fsp3) is 0.818. The number of hydrogen-bond acceptors (Lipinski definition) is 5. The molecule has 5 nitrogen and oxygen atoms in total. The van der Waals surface area contributed by atoms with Crippen molar-refractivity contribution in [2.45, 2.75) is 44.8 Å². The Bertz CT molecular complexity index is 321. The minimum absolute atomic E-state index is 0.105. The molecule has 1 saturated heterocycles. The fourth-order valence-electron chi connectivity index (χ4n) is 1.82. The van der Waals surface area contributed by atoms with E-state index in [9.17, 15) is 0 Å². The van der Waals surface area contributed by atoms with E-state index in [1.807, 2.05) is 14.0 Å². The summed E-state index contributed by atoms with van der Waals surface area (Å²) in [5.74, 6) is 1.40. The summed E-state index contributed by atoms with van der Waals surface area (Å²) in [4.78, 5) is 4.35. The predicted molar refractivity (Wildman–Crippen MR) is 59.1 cm³/mol. The zero-order valence-electron chi connectivity index (χ0n) is 9.90. The zero-order chi connectivity index (χ0) is 11.4. The highest BCUT2D eigenvalue weighted by Crippen LogP contribution is 2.17. The molecule has 0 saturated carbocycles. The summed E-state index contributed by atoms with van der Waals surface area (Å²) < 4.78 is 10.8. The maximum absolute atomic E-state index is 5.64. The van der Waals surface area contributed by atoms with Crippen LogP contribution in [0.2, 0.25) is 0 Å². The Morgan fingerprint density at radius 1 is 1.50 bits per heavy atom. The quantitative estimate of drug-likeness (QED) is 0.840. The van der Waals surface area contributed by atoms with E-state index in [0.29, 0.717) is 5.89 Å². The van der Waals surface area contributed by atoms with E-state index in [0.717, 1.165) is 25.3 Å². The molecule has 0 spiro atoms. The van der Waals surface area contributed by atoms with Gasteiger partial charge < -0.3 is 14.6 Å². The maximum Gasteiger partial charge on any atom is 0.243 e. The lowest BCUT2D eigenvalue weighted by Crippen LogP contribution is -2.22. The fourth-order valence-corrected chi connectivity index (χ4v) is 1.82. The molecule has 5 heteroatoms. The van der Waals surface area contributed by atoms with Gasteiger partial charge in [-0.2, -0.15) is 4.98 Å². The van der Waals surface area contributed by atoms with Gasteiger partial charge in [0.2, 0.25) is 5.89 Å². The highest BCUT2D eigenvalue weighted by atomic mass is 16.5. The molecule has 2 unspecified atom stereocenters. The Morgan fingerprint density at radius 2 is 2.38 bits per heavy atom. The molecule has 0 aliphatic carbocycles. The van der Waals surface area contributed by atoms with Crippen LogP contribution in [0.1, 0.15) is 43.9 Å². The molecule has 16 heavy (non-hydrogen) atoms. The lowest BCUT2D eigenvalue weighted by molar-refractivity contribution is 0.0153.